The molecule has 0 bridgehead atoms. The van der Waals surface area contributed by atoms with Crippen molar-refractivity contribution in [3.63, 3.8) is 0 Å². The highest BCUT2D eigenvalue weighted by atomic mass is 16.6. The highest BCUT2D eigenvalue weighted by Crippen LogP contribution is 2.16. The first kappa shape index (κ1) is 78.5. The SMILES string of the molecule is CC/C=C\C/C=C\C/C=C\C/C=C\C/C=C\C/C=C\C/C=C\CCCCCCCCCC(=O)OCC(COC(=O)CCCCCCC/C=C\C/C=C\CCCCC)OC(=O)CCCCCCCCCCC/C=C\C/C=C\CCCCCCC. The van der Waals surface area contributed by atoms with E-state index in [2.05, 4.69) is 154 Å². The van der Waals surface area contributed by atoms with Crippen molar-refractivity contribution >= 4 is 17.9 Å². The van der Waals surface area contributed by atoms with Crippen LogP contribution in [0.1, 0.15) is 316 Å². The number of rotatable bonds is 62. The maximum absolute atomic E-state index is 13.0. The molecule has 6 heteroatoms. The topological polar surface area (TPSA) is 78.9 Å². The van der Waals surface area contributed by atoms with E-state index in [1.165, 1.54) is 135 Å². The molecule has 0 aromatic rings. The molecule has 0 radical (unpaired) electrons. The standard InChI is InChI=1S/C77H128O6/c1-4-7-10-13-16-19-22-25-28-30-32-34-35-36-37-38-39-40-41-43-44-46-49-52-55-58-61-64-67-70-76(79)82-73-74(72-81-75(78)69-66-63-60-57-54-51-48-27-24-21-18-15-12-9-6-3)83-77(80)71-68-65-62-59-56-53-50-47-45-42-33-31-29-26-23-20-17-14-11-8-5-2/h7,10,16,18-19,21,23,25-28,31-34,36-37,39-40,43-44,48,74H,4-6,8-9,11-15,17,20,22,24,29-30,35,38,41-42,45-47,49-73H2,1-3H3/b10-7-,19-16-,21-18-,26-23-,28-25-,33-31-,34-32-,37-36-,40-39-,44-43-,48-27-. The molecule has 0 saturated carbocycles. The van der Waals surface area contributed by atoms with Crippen LogP contribution >= 0.6 is 0 Å². The Labute approximate surface area is 513 Å². The molecule has 0 aliphatic carbocycles. The Morgan fingerprint density at radius 1 is 0.253 bits per heavy atom. The number of ether oxygens (including phenoxy) is 3. The molecule has 0 aliphatic rings. The second kappa shape index (κ2) is 70.0. The summed E-state index contributed by atoms with van der Waals surface area (Å²) in [7, 11) is 0. The molecule has 0 amide bonds. The first-order valence-electron chi connectivity index (χ1n) is 34.7. The summed E-state index contributed by atoms with van der Waals surface area (Å²) in [5, 5.41) is 0. The third kappa shape index (κ3) is 68.2. The van der Waals surface area contributed by atoms with Crippen molar-refractivity contribution in [3.8, 4) is 0 Å². The minimum atomic E-state index is -0.797. The Balaban J connectivity index is 4.39. The van der Waals surface area contributed by atoms with Crippen LogP contribution in [0, 0.1) is 0 Å². The van der Waals surface area contributed by atoms with E-state index in [0.29, 0.717) is 19.3 Å². The van der Waals surface area contributed by atoms with Gasteiger partial charge in [-0.2, -0.15) is 0 Å². The number of unbranched alkanes of at least 4 members (excludes halogenated alkanes) is 29. The summed E-state index contributed by atoms with van der Waals surface area (Å²) < 4.78 is 17.0. The van der Waals surface area contributed by atoms with Gasteiger partial charge in [-0.25, -0.2) is 0 Å². The van der Waals surface area contributed by atoms with Crippen molar-refractivity contribution in [2.24, 2.45) is 0 Å². The van der Waals surface area contributed by atoms with Crippen LogP contribution in [0.3, 0.4) is 0 Å². The van der Waals surface area contributed by atoms with Gasteiger partial charge >= 0.3 is 17.9 Å². The molecule has 6 nitrogen and oxygen atoms in total. The van der Waals surface area contributed by atoms with Crippen LogP contribution in [-0.4, -0.2) is 37.2 Å². The van der Waals surface area contributed by atoms with Crippen LogP contribution in [0.5, 0.6) is 0 Å². The van der Waals surface area contributed by atoms with Crippen LogP contribution in [0.2, 0.25) is 0 Å². The first-order chi connectivity index (χ1) is 41.0. The quantitative estimate of drug-likeness (QED) is 0.0261. The summed E-state index contributed by atoms with van der Waals surface area (Å²) in [6.07, 6.45) is 98.9. The van der Waals surface area contributed by atoms with Gasteiger partial charge < -0.3 is 14.2 Å². The molecular weight excluding hydrogens is 1020 g/mol. The third-order valence-corrected chi connectivity index (χ3v) is 14.6. The van der Waals surface area contributed by atoms with E-state index in [9.17, 15) is 14.4 Å². The second-order valence-corrected chi connectivity index (χ2v) is 22.7. The molecule has 0 aromatic carbocycles. The Morgan fingerprint density at radius 2 is 0.470 bits per heavy atom. The van der Waals surface area contributed by atoms with Crippen molar-refractivity contribution in [2.75, 3.05) is 13.2 Å². The van der Waals surface area contributed by atoms with Crippen molar-refractivity contribution in [1.29, 1.82) is 0 Å². The van der Waals surface area contributed by atoms with Crippen LogP contribution in [-0.2, 0) is 28.6 Å². The minimum Gasteiger partial charge on any atom is -0.462 e. The zero-order chi connectivity index (χ0) is 59.9. The lowest BCUT2D eigenvalue weighted by atomic mass is 10.1. The minimum absolute atomic E-state index is 0.0929. The van der Waals surface area contributed by atoms with E-state index >= 15 is 0 Å². The molecule has 1 atom stereocenters. The highest BCUT2D eigenvalue weighted by molar-refractivity contribution is 5.71. The molecule has 0 saturated heterocycles. The van der Waals surface area contributed by atoms with Gasteiger partial charge in [-0.3, -0.25) is 14.4 Å². The van der Waals surface area contributed by atoms with Crippen LogP contribution < -0.4 is 0 Å². The van der Waals surface area contributed by atoms with Gasteiger partial charge in [0.15, 0.2) is 6.10 Å². The molecule has 0 rings (SSSR count). The van der Waals surface area contributed by atoms with Gasteiger partial charge in [0.25, 0.3) is 0 Å². The maximum Gasteiger partial charge on any atom is 0.306 e. The molecule has 0 spiro atoms. The zero-order valence-corrected chi connectivity index (χ0v) is 54.2. The molecular formula is C77H128O6. The van der Waals surface area contributed by atoms with E-state index in [0.717, 1.165) is 141 Å². The summed E-state index contributed by atoms with van der Waals surface area (Å²) in [4.78, 5) is 38.4. The van der Waals surface area contributed by atoms with Crippen molar-refractivity contribution in [3.05, 3.63) is 134 Å². The predicted molar refractivity (Wildman–Crippen MR) is 362 cm³/mol. The molecule has 1 unspecified atom stereocenters. The number of allylic oxidation sites excluding steroid dienone is 22. The maximum atomic E-state index is 13.0. The molecule has 472 valence electrons. The highest BCUT2D eigenvalue weighted by Gasteiger charge is 2.19. The Bertz CT molecular complexity index is 1750. The normalized spacial score (nSPS) is 13.0. The Kier molecular flexibility index (Phi) is 66.3. The molecule has 0 heterocycles. The van der Waals surface area contributed by atoms with Gasteiger partial charge in [0, 0.05) is 19.3 Å². The molecule has 0 N–H and O–H groups in total. The van der Waals surface area contributed by atoms with Crippen molar-refractivity contribution in [1.82, 2.24) is 0 Å². The summed E-state index contributed by atoms with van der Waals surface area (Å²) in [6, 6.07) is 0. The summed E-state index contributed by atoms with van der Waals surface area (Å²) in [5.74, 6) is -0.914. The average Bonchev–Trinajstić information content (AvgIpc) is 3.49. The van der Waals surface area contributed by atoms with E-state index in [4.69, 9.17) is 14.2 Å². The van der Waals surface area contributed by atoms with Gasteiger partial charge in [0.2, 0.25) is 0 Å². The molecule has 0 aromatic heterocycles. The molecule has 83 heavy (non-hydrogen) atoms. The Morgan fingerprint density at radius 3 is 0.759 bits per heavy atom. The lowest BCUT2D eigenvalue weighted by Crippen LogP contribution is -2.30. The van der Waals surface area contributed by atoms with E-state index in [1.54, 1.807) is 0 Å². The van der Waals surface area contributed by atoms with E-state index in [1.807, 2.05) is 0 Å². The number of esters is 3. The summed E-state index contributed by atoms with van der Waals surface area (Å²) in [5.41, 5.74) is 0. The predicted octanol–water partition coefficient (Wildman–Crippen LogP) is 24.1. The number of carbonyl (C=O) groups excluding carboxylic acids is 3. The van der Waals surface area contributed by atoms with E-state index in [-0.39, 0.29) is 31.1 Å². The Hall–Kier alpha value is -4.45. The monoisotopic (exact) mass is 1150 g/mol. The van der Waals surface area contributed by atoms with Crippen LogP contribution in [0.4, 0.5) is 0 Å². The summed E-state index contributed by atoms with van der Waals surface area (Å²) >= 11 is 0. The summed E-state index contributed by atoms with van der Waals surface area (Å²) in [6.45, 7) is 6.49. The smallest absolute Gasteiger partial charge is 0.306 e. The van der Waals surface area contributed by atoms with Gasteiger partial charge in [-0.1, -0.05) is 289 Å². The fourth-order valence-corrected chi connectivity index (χ4v) is 9.43. The lowest BCUT2D eigenvalue weighted by molar-refractivity contribution is -0.167. The largest absolute Gasteiger partial charge is 0.462 e. The third-order valence-electron chi connectivity index (χ3n) is 14.6. The number of carbonyl (C=O) groups is 3. The van der Waals surface area contributed by atoms with Gasteiger partial charge in [-0.05, 0) is 141 Å². The molecule has 0 aliphatic heterocycles. The molecule has 0 fully saturated rings. The van der Waals surface area contributed by atoms with Crippen molar-refractivity contribution in [2.45, 2.75) is 322 Å². The first-order valence-corrected chi connectivity index (χ1v) is 34.7. The van der Waals surface area contributed by atoms with E-state index < -0.39 is 6.10 Å². The average molecular weight is 1150 g/mol. The van der Waals surface area contributed by atoms with Crippen molar-refractivity contribution < 1.29 is 28.6 Å². The second-order valence-electron chi connectivity index (χ2n) is 22.7. The fourth-order valence-electron chi connectivity index (χ4n) is 9.43. The number of hydrogen-bond donors (Lipinski definition) is 0. The fraction of sp³-hybridized carbons (Fsp3) is 0.675. The van der Waals surface area contributed by atoms with Crippen LogP contribution in [0.15, 0.2) is 134 Å². The number of hydrogen-bond acceptors (Lipinski definition) is 6. The zero-order valence-electron chi connectivity index (χ0n) is 54.2. The van der Waals surface area contributed by atoms with Crippen LogP contribution in [0.25, 0.3) is 0 Å². The van der Waals surface area contributed by atoms with Gasteiger partial charge in [-0.15, -0.1) is 0 Å². The van der Waals surface area contributed by atoms with Gasteiger partial charge in [0.05, 0.1) is 0 Å². The lowest BCUT2D eigenvalue weighted by Gasteiger charge is -2.18. The van der Waals surface area contributed by atoms with Gasteiger partial charge in [0.1, 0.15) is 13.2 Å².